The summed E-state index contributed by atoms with van der Waals surface area (Å²) in [7, 11) is 0. The number of carbonyl (C=O) groups excluding carboxylic acids is 2. The molecule has 0 aliphatic carbocycles. The van der Waals surface area contributed by atoms with Crippen molar-refractivity contribution in [3.8, 4) is 5.69 Å². The van der Waals surface area contributed by atoms with Crippen molar-refractivity contribution >= 4 is 29.2 Å². The van der Waals surface area contributed by atoms with Gasteiger partial charge in [0.05, 0.1) is 34.4 Å². The normalized spacial score (nSPS) is 11.6. The highest BCUT2D eigenvalue weighted by Gasteiger charge is 2.21. The zero-order valence-corrected chi connectivity index (χ0v) is 19.1. The summed E-state index contributed by atoms with van der Waals surface area (Å²) in [5.41, 5.74) is 2.40. The van der Waals surface area contributed by atoms with Crippen molar-refractivity contribution in [2.24, 2.45) is 0 Å². The SMILES string of the molecule is Cc1cc(NC(=O)CC(NC(=O)c2ccccc2Cl)c2ccccc2)n(-c2ccc(F)cc2)n1. The third-order valence-electron chi connectivity index (χ3n) is 5.19. The van der Waals surface area contributed by atoms with Crippen LogP contribution in [0.25, 0.3) is 5.69 Å². The highest BCUT2D eigenvalue weighted by atomic mass is 35.5. The zero-order valence-electron chi connectivity index (χ0n) is 18.3. The molecule has 8 heteroatoms. The molecule has 1 atom stereocenters. The zero-order chi connectivity index (χ0) is 24.1. The van der Waals surface area contributed by atoms with E-state index in [9.17, 15) is 14.0 Å². The van der Waals surface area contributed by atoms with Crippen molar-refractivity contribution in [3.05, 3.63) is 113 Å². The Balaban J connectivity index is 1.55. The van der Waals surface area contributed by atoms with Crippen LogP contribution in [0.4, 0.5) is 10.2 Å². The van der Waals surface area contributed by atoms with Gasteiger partial charge in [-0.05, 0) is 48.9 Å². The van der Waals surface area contributed by atoms with E-state index in [2.05, 4.69) is 15.7 Å². The van der Waals surface area contributed by atoms with Gasteiger partial charge in [0.1, 0.15) is 11.6 Å². The second kappa shape index (κ2) is 10.3. The number of aromatic nitrogens is 2. The van der Waals surface area contributed by atoms with Gasteiger partial charge in [-0.2, -0.15) is 5.10 Å². The molecular weight excluding hydrogens is 455 g/mol. The lowest BCUT2D eigenvalue weighted by atomic mass is 10.0. The van der Waals surface area contributed by atoms with Crippen LogP contribution in [-0.2, 0) is 4.79 Å². The first kappa shape index (κ1) is 23.2. The molecule has 34 heavy (non-hydrogen) atoms. The Hall–Kier alpha value is -3.97. The lowest BCUT2D eigenvalue weighted by Gasteiger charge is -2.19. The van der Waals surface area contributed by atoms with Gasteiger partial charge < -0.3 is 10.6 Å². The fourth-order valence-electron chi connectivity index (χ4n) is 3.57. The summed E-state index contributed by atoms with van der Waals surface area (Å²) in [6, 6.07) is 22.9. The van der Waals surface area contributed by atoms with Gasteiger partial charge in [-0.25, -0.2) is 9.07 Å². The van der Waals surface area contributed by atoms with E-state index in [0.717, 1.165) is 5.56 Å². The number of rotatable bonds is 7. The quantitative estimate of drug-likeness (QED) is 0.371. The molecule has 0 aliphatic rings. The molecule has 0 spiro atoms. The molecule has 1 heterocycles. The minimum atomic E-state index is -0.590. The van der Waals surface area contributed by atoms with Gasteiger partial charge >= 0.3 is 0 Å². The molecule has 2 amide bonds. The number of hydrogen-bond donors (Lipinski definition) is 2. The Bertz CT molecular complexity index is 1310. The third kappa shape index (κ3) is 5.50. The van der Waals surface area contributed by atoms with E-state index >= 15 is 0 Å². The average molecular weight is 477 g/mol. The highest BCUT2D eigenvalue weighted by molar-refractivity contribution is 6.33. The lowest BCUT2D eigenvalue weighted by molar-refractivity contribution is -0.116. The number of nitrogens with zero attached hydrogens (tertiary/aromatic N) is 2. The summed E-state index contributed by atoms with van der Waals surface area (Å²) in [6.07, 6.45) is -0.0200. The molecule has 0 aliphatic heterocycles. The second-order valence-electron chi connectivity index (χ2n) is 7.73. The van der Waals surface area contributed by atoms with Gasteiger partial charge in [-0.3, -0.25) is 9.59 Å². The van der Waals surface area contributed by atoms with Gasteiger partial charge in [0.15, 0.2) is 0 Å². The standard InChI is InChI=1S/C26H22ClFN4O2/c1-17-15-24(32(31-17)20-13-11-19(28)12-14-20)30-25(33)16-23(18-7-3-2-4-8-18)29-26(34)21-9-5-6-10-22(21)27/h2-15,23H,16H2,1H3,(H,29,34)(H,30,33). The average Bonchev–Trinajstić information content (AvgIpc) is 3.19. The van der Waals surface area contributed by atoms with Crippen molar-refractivity contribution in [1.29, 1.82) is 0 Å². The summed E-state index contributed by atoms with van der Waals surface area (Å²) in [5.74, 6) is -0.618. The van der Waals surface area contributed by atoms with Crippen molar-refractivity contribution in [2.45, 2.75) is 19.4 Å². The van der Waals surface area contributed by atoms with Crippen LogP contribution < -0.4 is 10.6 Å². The molecule has 3 aromatic carbocycles. The fraction of sp³-hybridized carbons (Fsp3) is 0.115. The van der Waals surface area contributed by atoms with Crippen LogP contribution in [0, 0.1) is 12.7 Å². The maximum absolute atomic E-state index is 13.3. The number of anilines is 1. The Morgan fingerprint density at radius 1 is 1.00 bits per heavy atom. The number of amides is 2. The summed E-state index contributed by atoms with van der Waals surface area (Å²) < 4.78 is 14.9. The maximum atomic E-state index is 13.3. The predicted octanol–water partition coefficient (Wildman–Crippen LogP) is 5.47. The van der Waals surface area contributed by atoms with Gasteiger partial charge in [-0.1, -0.05) is 54.1 Å². The summed E-state index contributed by atoms with van der Waals surface area (Å²) in [6.45, 7) is 1.80. The molecule has 172 valence electrons. The first-order chi connectivity index (χ1) is 16.4. The van der Waals surface area contributed by atoms with Crippen LogP contribution in [0.2, 0.25) is 5.02 Å². The fourth-order valence-corrected chi connectivity index (χ4v) is 3.79. The first-order valence-electron chi connectivity index (χ1n) is 10.6. The molecule has 1 aromatic heterocycles. The van der Waals surface area contributed by atoms with Gasteiger partial charge in [0.2, 0.25) is 5.91 Å². The highest BCUT2D eigenvalue weighted by Crippen LogP contribution is 2.22. The van der Waals surface area contributed by atoms with Crippen molar-refractivity contribution in [2.75, 3.05) is 5.32 Å². The first-order valence-corrected chi connectivity index (χ1v) is 11.0. The summed E-state index contributed by atoms with van der Waals surface area (Å²) >= 11 is 6.18. The summed E-state index contributed by atoms with van der Waals surface area (Å²) in [5, 5.41) is 10.5. The van der Waals surface area contributed by atoms with E-state index in [1.807, 2.05) is 30.3 Å². The minimum Gasteiger partial charge on any atom is -0.345 e. The number of halogens is 2. The van der Waals surface area contributed by atoms with Crippen LogP contribution in [0.3, 0.4) is 0 Å². The van der Waals surface area contributed by atoms with Gasteiger partial charge in [0.25, 0.3) is 5.91 Å². The lowest BCUT2D eigenvalue weighted by Crippen LogP contribution is -2.32. The minimum absolute atomic E-state index is 0.0200. The molecular formula is C26H22ClFN4O2. The molecule has 0 bridgehead atoms. The molecule has 0 saturated heterocycles. The molecule has 0 fully saturated rings. The predicted molar refractivity (Wildman–Crippen MR) is 130 cm³/mol. The smallest absolute Gasteiger partial charge is 0.253 e. The monoisotopic (exact) mass is 476 g/mol. The second-order valence-corrected chi connectivity index (χ2v) is 8.14. The number of nitrogens with one attached hydrogen (secondary N) is 2. The van der Waals surface area contributed by atoms with E-state index in [0.29, 0.717) is 27.8 Å². The van der Waals surface area contributed by atoms with Gasteiger partial charge in [-0.15, -0.1) is 0 Å². The summed E-state index contributed by atoms with van der Waals surface area (Å²) in [4.78, 5) is 25.9. The topological polar surface area (TPSA) is 76.0 Å². The van der Waals surface area contributed by atoms with E-state index < -0.39 is 6.04 Å². The maximum Gasteiger partial charge on any atom is 0.253 e. The van der Waals surface area contributed by atoms with Crippen molar-refractivity contribution in [1.82, 2.24) is 15.1 Å². The molecule has 4 aromatic rings. The molecule has 0 radical (unpaired) electrons. The Labute approximate surface area is 201 Å². The van der Waals surface area contributed by atoms with E-state index in [1.54, 1.807) is 49.4 Å². The molecule has 2 N–H and O–H groups in total. The molecule has 4 rings (SSSR count). The molecule has 6 nitrogen and oxygen atoms in total. The van der Waals surface area contributed by atoms with Gasteiger partial charge in [0, 0.05) is 6.07 Å². The van der Waals surface area contributed by atoms with Crippen molar-refractivity contribution < 1.29 is 14.0 Å². The number of hydrogen-bond acceptors (Lipinski definition) is 3. The number of aryl methyl sites for hydroxylation is 1. The van der Waals surface area contributed by atoms with Crippen LogP contribution >= 0.6 is 11.6 Å². The largest absolute Gasteiger partial charge is 0.345 e. The van der Waals surface area contributed by atoms with Crippen LogP contribution in [0.15, 0.2) is 84.9 Å². The number of carbonyl (C=O) groups is 2. The Morgan fingerprint density at radius 2 is 1.68 bits per heavy atom. The van der Waals surface area contributed by atoms with Crippen LogP contribution in [0.1, 0.15) is 34.1 Å². The van der Waals surface area contributed by atoms with E-state index in [4.69, 9.17) is 11.6 Å². The number of benzene rings is 3. The van der Waals surface area contributed by atoms with E-state index in [-0.39, 0.29) is 24.1 Å². The van der Waals surface area contributed by atoms with Crippen LogP contribution in [0.5, 0.6) is 0 Å². The van der Waals surface area contributed by atoms with E-state index in [1.165, 1.54) is 16.8 Å². The molecule has 1 unspecified atom stereocenters. The Kier molecular flexibility index (Phi) is 7.04. The van der Waals surface area contributed by atoms with Crippen molar-refractivity contribution in [3.63, 3.8) is 0 Å². The third-order valence-corrected chi connectivity index (χ3v) is 5.52. The molecule has 0 saturated carbocycles. The van der Waals surface area contributed by atoms with Crippen LogP contribution in [-0.4, -0.2) is 21.6 Å². The Morgan fingerprint density at radius 3 is 2.38 bits per heavy atom.